The van der Waals surface area contributed by atoms with Crippen LogP contribution in [0.1, 0.15) is 45.2 Å². The van der Waals surface area contributed by atoms with Crippen molar-refractivity contribution in [1.82, 2.24) is 5.32 Å². The van der Waals surface area contributed by atoms with Crippen molar-refractivity contribution in [3.05, 3.63) is 29.8 Å². The number of amides is 1. The molecule has 1 saturated heterocycles. The van der Waals surface area contributed by atoms with E-state index in [-0.39, 0.29) is 11.9 Å². The Balaban J connectivity index is 1.95. The summed E-state index contributed by atoms with van der Waals surface area (Å²) in [6.07, 6.45) is 2.26. The maximum absolute atomic E-state index is 11.1. The smallest absolute Gasteiger partial charge is 0.221 e. The van der Waals surface area contributed by atoms with E-state index in [1.807, 2.05) is 18.2 Å². The molecule has 2 atom stereocenters. The third kappa shape index (κ3) is 4.83. The average molecular weight is 290 g/mol. The minimum absolute atomic E-state index is 0.0386. The highest BCUT2D eigenvalue weighted by atomic mass is 16.5. The molecule has 4 heteroatoms. The number of hydrogen-bond acceptors (Lipinski definition) is 3. The molecule has 0 saturated carbocycles. The Bertz CT molecular complexity index is 470. The molecule has 0 spiro atoms. The quantitative estimate of drug-likeness (QED) is 0.876. The molecule has 0 aromatic heterocycles. The van der Waals surface area contributed by atoms with E-state index in [1.54, 1.807) is 0 Å². The largest absolute Gasteiger partial charge is 0.381 e. The van der Waals surface area contributed by atoms with Crippen LogP contribution in [0.5, 0.6) is 0 Å². The summed E-state index contributed by atoms with van der Waals surface area (Å²) in [5.41, 5.74) is 2.05. The molecule has 1 aliphatic rings. The first-order chi connectivity index (χ1) is 10.1. The summed E-state index contributed by atoms with van der Waals surface area (Å²) in [6.45, 7) is 7.71. The molecule has 1 aliphatic heterocycles. The molecule has 0 radical (unpaired) electrons. The van der Waals surface area contributed by atoms with Crippen LogP contribution < -0.4 is 10.6 Å². The molecule has 2 rings (SSSR count). The first-order valence-corrected chi connectivity index (χ1v) is 7.77. The fraction of sp³-hybridized carbons (Fsp3) is 0.588. The highest BCUT2D eigenvalue weighted by Gasteiger charge is 2.21. The van der Waals surface area contributed by atoms with E-state index in [0.29, 0.717) is 12.0 Å². The standard InChI is InChI=1S/C17H26N2O2/c1-12(15-7-9-21-10-8-15)18-13(2)16-5-4-6-17(11-16)19-14(3)20/h4-6,11-13,15,18H,7-10H2,1-3H3,(H,19,20). The van der Waals surface area contributed by atoms with Crippen LogP contribution in [-0.2, 0) is 9.53 Å². The number of anilines is 1. The summed E-state index contributed by atoms with van der Waals surface area (Å²) < 4.78 is 5.42. The summed E-state index contributed by atoms with van der Waals surface area (Å²) in [4.78, 5) is 11.1. The topological polar surface area (TPSA) is 50.4 Å². The lowest BCUT2D eigenvalue weighted by molar-refractivity contribution is -0.114. The first-order valence-electron chi connectivity index (χ1n) is 7.77. The third-order valence-corrected chi connectivity index (χ3v) is 4.19. The Morgan fingerprint density at radius 1 is 1.29 bits per heavy atom. The summed E-state index contributed by atoms with van der Waals surface area (Å²) in [6, 6.07) is 8.76. The maximum Gasteiger partial charge on any atom is 0.221 e. The number of carbonyl (C=O) groups is 1. The van der Waals surface area contributed by atoms with Crippen molar-refractivity contribution in [2.45, 2.75) is 45.7 Å². The van der Waals surface area contributed by atoms with Crippen LogP contribution in [0.25, 0.3) is 0 Å². The number of carbonyl (C=O) groups excluding carboxylic acids is 1. The molecule has 4 nitrogen and oxygen atoms in total. The third-order valence-electron chi connectivity index (χ3n) is 4.19. The summed E-state index contributed by atoms with van der Waals surface area (Å²) >= 11 is 0. The lowest BCUT2D eigenvalue weighted by Crippen LogP contribution is -2.38. The van der Waals surface area contributed by atoms with Crippen LogP contribution in [0.3, 0.4) is 0 Å². The predicted molar refractivity (Wildman–Crippen MR) is 85.3 cm³/mol. The van der Waals surface area contributed by atoms with Crippen LogP contribution in [0, 0.1) is 5.92 Å². The molecule has 1 aromatic rings. The van der Waals surface area contributed by atoms with Gasteiger partial charge in [-0.2, -0.15) is 0 Å². The van der Waals surface area contributed by atoms with E-state index in [9.17, 15) is 4.79 Å². The van der Waals surface area contributed by atoms with Gasteiger partial charge in [0.2, 0.25) is 5.91 Å². The fourth-order valence-corrected chi connectivity index (χ4v) is 2.93. The van der Waals surface area contributed by atoms with Gasteiger partial charge in [0.25, 0.3) is 0 Å². The predicted octanol–water partition coefficient (Wildman–Crippen LogP) is 3.11. The zero-order valence-corrected chi connectivity index (χ0v) is 13.2. The second kappa shape index (κ2) is 7.57. The molecule has 0 aliphatic carbocycles. The highest BCUT2D eigenvalue weighted by molar-refractivity contribution is 5.88. The first kappa shape index (κ1) is 16.0. The zero-order valence-electron chi connectivity index (χ0n) is 13.2. The van der Waals surface area contributed by atoms with E-state index >= 15 is 0 Å². The van der Waals surface area contributed by atoms with Crippen molar-refractivity contribution in [2.24, 2.45) is 5.92 Å². The van der Waals surface area contributed by atoms with Gasteiger partial charge in [0.05, 0.1) is 0 Å². The molecule has 116 valence electrons. The van der Waals surface area contributed by atoms with E-state index in [4.69, 9.17) is 4.74 Å². The van der Waals surface area contributed by atoms with Crippen LogP contribution in [0.2, 0.25) is 0 Å². The molecule has 1 heterocycles. The van der Waals surface area contributed by atoms with Crippen LogP contribution >= 0.6 is 0 Å². The molecule has 2 unspecified atom stereocenters. The van der Waals surface area contributed by atoms with Crippen LogP contribution in [-0.4, -0.2) is 25.2 Å². The Labute approximate surface area is 127 Å². The van der Waals surface area contributed by atoms with Crippen molar-refractivity contribution in [2.75, 3.05) is 18.5 Å². The van der Waals surface area contributed by atoms with Crippen LogP contribution in [0.15, 0.2) is 24.3 Å². The lowest BCUT2D eigenvalue weighted by Gasteiger charge is -2.31. The summed E-state index contributed by atoms with van der Waals surface area (Å²) in [5.74, 6) is 0.642. The van der Waals surface area contributed by atoms with Crippen molar-refractivity contribution in [1.29, 1.82) is 0 Å². The Hall–Kier alpha value is -1.39. The highest BCUT2D eigenvalue weighted by Crippen LogP contribution is 2.23. The zero-order chi connectivity index (χ0) is 15.2. The van der Waals surface area contributed by atoms with Crippen molar-refractivity contribution >= 4 is 11.6 Å². The van der Waals surface area contributed by atoms with Crippen molar-refractivity contribution in [3.8, 4) is 0 Å². The van der Waals surface area contributed by atoms with E-state index in [1.165, 1.54) is 12.5 Å². The van der Waals surface area contributed by atoms with E-state index < -0.39 is 0 Å². The number of rotatable bonds is 5. The Morgan fingerprint density at radius 3 is 2.67 bits per heavy atom. The van der Waals surface area contributed by atoms with Crippen molar-refractivity contribution in [3.63, 3.8) is 0 Å². The van der Waals surface area contributed by atoms with E-state index in [2.05, 4.69) is 30.5 Å². The molecular formula is C17H26N2O2. The van der Waals surface area contributed by atoms with Gasteiger partial charge in [0.15, 0.2) is 0 Å². The number of benzene rings is 1. The molecule has 21 heavy (non-hydrogen) atoms. The average Bonchev–Trinajstić information content (AvgIpc) is 2.47. The van der Waals surface area contributed by atoms with Gasteiger partial charge in [-0.1, -0.05) is 12.1 Å². The monoisotopic (exact) mass is 290 g/mol. The molecular weight excluding hydrogens is 264 g/mol. The molecule has 2 N–H and O–H groups in total. The Kier molecular flexibility index (Phi) is 5.76. The molecule has 0 bridgehead atoms. The minimum Gasteiger partial charge on any atom is -0.381 e. The van der Waals surface area contributed by atoms with Gasteiger partial charge in [-0.05, 0) is 50.3 Å². The fourth-order valence-electron chi connectivity index (χ4n) is 2.93. The maximum atomic E-state index is 11.1. The second-order valence-electron chi connectivity index (χ2n) is 5.93. The lowest BCUT2D eigenvalue weighted by atomic mass is 9.92. The van der Waals surface area contributed by atoms with Gasteiger partial charge < -0.3 is 15.4 Å². The van der Waals surface area contributed by atoms with Gasteiger partial charge in [-0.15, -0.1) is 0 Å². The van der Waals surface area contributed by atoms with Gasteiger partial charge >= 0.3 is 0 Å². The van der Waals surface area contributed by atoms with Gasteiger partial charge in [-0.25, -0.2) is 0 Å². The minimum atomic E-state index is -0.0386. The normalized spacial score (nSPS) is 19.0. The Morgan fingerprint density at radius 2 is 2.00 bits per heavy atom. The van der Waals surface area contributed by atoms with Gasteiger partial charge in [0, 0.05) is 37.9 Å². The van der Waals surface area contributed by atoms with Crippen molar-refractivity contribution < 1.29 is 9.53 Å². The number of ether oxygens (including phenoxy) is 1. The number of hydrogen-bond donors (Lipinski definition) is 2. The molecule has 1 fully saturated rings. The summed E-state index contributed by atoms with van der Waals surface area (Å²) in [5, 5.41) is 6.51. The van der Waals surface area contributed by atoms with Crippen LogP contribution in [0.4, 0.5) is 5.69 Å². The van der Waals surface area contributed by atoms with Gasteiger partial charge in [-0.3, -0.25) is 4.79 Å². The SMILES string of the molecule is CC(=O)Nc1cccc(C(C)NC(C)C2CCOCC2)c1. The molecule has 1 aromatic carbocycles. The number of nitrogens with one attached hydrogen (secondary N) is 2. The van der Waals surface area contributed by atoms with Gasteiger partial charge in [0.1, 0.15) is 0 Å². The van der Waals surface area contributed by atoms with E-state index in [0.717, 1.165) is 31.7 Å². The summed E-state index contributed by atoms with van der Waals surface area (Å²) in [7, 11) is 0. The second-order valence-corrected chi connectivity index (χ2v) is 5.93. The molecule has 1 amide bonds.